The van der Waals surface area contributed by atoms with Gasteiger partial charge in [-0.2, -0.15) is 0 Å². The largest absolute Gasteiger partial charge is 0.486 e. The van der Waals surface area contributed by atoms with Crippen LogP contribution in [0.1, 0.15) is 21.8 Å². The van der Waals surface area contributed by atoms with E-state index in [1.54, 1.807) is 13.0 Å². The van der Waals surface area contributed by atoms with Crippen molar-refractivity contribution in [3.63, 3.8) is 0 Å². The zero-order valence-corrected chi connectivity index (χ0v) is 15.2. The molecule has 0 aliphatic heterocycles. The summed E-state index contributed by atoms with van der Waals surface area (Å²) in [7, 11) is 0. The van der Waals surface area contributed by atoms with Gasteiger partial charge in [-0.15, -0.1) is 0 Å². The van der Waals surface area contributed by atoms with E-state index in [4.69, 9.17) is 20.9 Å². The maximum atomic E-state index is 13.7. The zero-order valence-electron chi connectivity index (χ0n) is 14.4. The zero-order chi connectivity index (χ0) is 20.3. The number of nitrogens with zero attached hydrogens (tertiary/aromatic N) is 2. The van der Waals surface area contributed by atoms with Crippen LogP contribution >= 0.6 is 11.6 Å². The first-order chi connectivity index (χ1) is 13.4. The Kier molecular flexibility index (Phi) is 5.55. The highest BCUT2D eigenvalue weighted by Crippen LogP contribution is 2.28. The molecule has 1 heterocycles. The van der Waals surface area contributed by atoms with E-state index in [9.17, 15) is 19.3 Å². The predicted molar refractivity (Wildman–Crippen MR) is 98.0 cm³/mol. The molecule has 10 heteroatoms. The van der Waals surface area contributed by atoms with Crippen molar-refractivity contribution < 1.29 is 23.4 Å². The van der Waals surface area contributed by atoms with E-state index in [2.05, 4.69) is 10.5 Å². The molecule has 8 nitrogen and oxygen atoms in total. The highest BCUT2D eigenvalue weighted by atomic mass is 35.5. The number of aromatic nitrogens is 1. The van der Waals surface area contributed by atoms with E-state index in [1.807, 2.05) is 0 Å². The average Bonchev–Trinajstić information content (AvgIpc) is 3.03. The van der Waals surface area contributed by atoms with Crippen molar-refractivity contribution >= 4 is 28.9 Å². The molecule has 0 fully saturated rings. The Bertz CT molecular complexity index is 1050. The van der Waals surface area contributed by atoms with Crippen LogP contribution in [0.5, 0.6) is 5.75 Å². The number of nitrogens with one attached hydrogen (secondary N) is 1. The third-order valence-corrected chi connectivity index (χ3v) is 4.13. The second-order valence-electron chi connectivity index (χ2n) is 5.66. The number of hydrogen-bond acceptors (Lipinski definition) is 6. The van der Waals surface area contributed by atoms with Gasteiger partial charge in [0.1, 0.15) is 12.4 Å². The Morgan fingerprint density at radius 3 is 2.79 bits per heavy atom. The van der Waals surface area contributed by atoms with Gasteiger partial charge in [-0.1, -0.05) is 28.9 Å². The van der Waals surface area contributed by atoms with Crippen molar-refractivity contribution in [3.05, 3.63) is 80.4 Å². The minimum Gasteiger partial charge on any atom is -0.486 e. The Balaban J connectivity index is 1.78. The van der Waals surface area contributed by atoms with Crippen LogP contribution in [0.3, 0.4) is 0 Å². The van der Waals surface area contributed by atoms with E-state index in [0.717, 1.165) is 6.07 Å². The van der Waals surface area contributed by atoms with Crippen LogP contribution in [-0.2, 0) is 6.61 Å². The van der Waals surface area contributed by atoms with Crippen molar-refractivity contribution in [2.75, 3.05) is 5.32 Å². The maximum absolute atomic E-state index is 13.7. The molecule has 0 radical (unpaired) electrons. The van der Waals surface area contributed by atoms with Crippen LogP contribution in [0.2, 0.25) is 5.02 Å². The van der Waals surface area contributed by atoms with Crippen LogP contribution in [0.4, 0.5) is 15.8 Å². The number of ether oxygens (including phenoxy) is 1. The van der Waals surface area contributed by atoms with Crippen LogP contribution in [0.15, 0.2) is 47.0 Å². The number of non-ortho nitro benzene ring substituents is 1. The van der Waals surface area contributed by atoms with Gasteiger partial charge in [0.05, 0.1) is 21.2 Å². The van der Waals surface area contributed by atoms with E-state index in [0.29, 0.717) is 11.3 Å². The minimum absolute atomic E-state index is 0.00748. The molecule has 1 aromatic heterocycles. The van der Waals surface area contributed by atoms with Crippen molar-refractivity contribution in [1.82, 2.24) is 5.16 Å². The molecule has 0 saturated heterocycles. The normalized spacial score (nSPS) is 10.5. The summed E-state index contributed by atoms with van der Waals surface area (Å²) < 4.78 is 24.2. The lowest BCUT2D eigenvalue weighted by atomic mass is 10.2. The van der Waals surface area contributed by atoms with Gasteiger partial charge in [0, 0.05) is 12.1 Å². The number of para-hydroxylation sites is 1. The molecule has 1 N–H and O–H groups in total. The number of carbonyl (C=O) groups is 1. The molecule has 0 unspecified atom stereocenters. The van der Waals surface area contributed by atoms with Crippen LogP contribution in [0.25, 0.3) is 0 Å². The quantitative estimate of drug-likeness (QED) is 0.477. The third kappa shape index (κ3) is 4.09. The smallest absolute Gasteiger partial charge is 0.278 e. The number of benzene rings is 2. The number of aryl methyl sites for hydroxylation is 1. The van der Waals surface area contributed by atoms with Crippen LogP contribution < -0.4 is 10.1 Å². The van der Waals surface area contributed by atoms with Gasteiger partial charge in [0.15, 0.2) is 17.3 Å². The second kappa shape index (κ2) is 8.05. The number of nitro benzene ring substituents is 1. The molecule has 3 aromatic rings. The third-order valence-electron chi connectivity index (χ3n) is 3.82. The lowest BCUT2D eigenvalue weighted by Crippen LogP contribution is -2.16. The number of nitro groups is 1. The summed E-state index contributed by atoms with van der Waals surface area (Å²) in [5, 5.41) is 17.0. The number of hydrogen-bond donors (Lipinski definition) is 1. The molecule has 0 saturated carbocycles. The fourth-order valence-corrected chi connectivity index (χ4v) is 2.57. The van der Waals surface area contributed by atoms with Gasteiger partial charge in [0.2, 0.25) is 0 Å². The fraction of sp³-hybridized carbons (Fsp3) is 0.111. The SMILES string of the molecule is Cc1onc(C(=O)Nc2ccc([N+](=O)[O-])cc2Cl)c1COc1ccccc1F. The number of amides is 1. The van der Waals surface area contributed by atoms with Crippen LogP contribution in [-0.4, -0.2) is 16.0 Å². The lowest BCUT2D eigenvalue weighted by Gasteiger charge is -2.08. The standard InChI is InChI=1S/C18H13ClFN3O5/c1-10-12(9-27-16-5-3-2-4-14(16)20)17(22-28-10)18(24)21-15-7-6-11(23(25)26)8-13(15)19/h2-8H,9H2,1H3,(H,21,24). The first kappa shape index (κ1) is 19.3. The van der Waals surface area contributed by atoms with E-state index in [-0.39, 0.29) is 34.4 Å². The molecule has 0 atom stereocenters. The highest BCUT2D eigenvalue weighted by molar-refractivity contribution is 6.34. The van der Waals surface area contributed by atoms with E-state index >= 15 is 0 Å². The molecule has 0 aliphatic rings. The van der Waals surface area contributed by atoms with Gasteiger partial charge >= 0.3 is 0 Å². The predicted octanol–water partition coefficient (Wildman–Crippen LogP) is 4.52. The summed E-state index contributed by atoms with van der Waals surface area (Å²) in [6.07, 6.45) is 0. The molecule has 0 bridgehead atoms. The van der Waals surface area contributed by atoms with Crippen molar-refractivity contribution in [2.45, 2.75) is 13.5 Å². The molecule has 1 amide bonds. The molecular formula is C18H13ClFN3O5. The minimum atomic E-state index is -0.653. The summed E-state index contributed by atoms with van der Waals surface area (Å²) in [6, 6.07) is 9.48. The Morgan fingerprint density at radius 1 is 1.36 bits per heavy atom. The summed E-state index contributed by atoms with van der Waals surface area (Å²) in [5.41, 5.74) is 0.222. The maximum Gasteiger partial charge on any atom is 0.278 e. The molecular weight excluding hydrogens is 393 g/mol. The van der Waals surface area contributed by atoms with Gasteiger partial charge in [-0.3, -0.25) is 14.9 Å². The van der Waals surface area contributed by atoms with Gasteiger partial charge in [-0.05, 0) is 25.1 Å². The summed E-state index contributed by atoms with van der Waals surface area (Å²) in [5.74, 6) is -0.843. The molecule has 3 rings (SSSR count). The van der Waals surface area contributed by atoms with Gasteiger partial charge < -0.3 is 14.6 Å². The Morgan fingerprint density at radius 2 is 2.11 bits per heavy atom. The molecule has 2 aromatic carbocycles. The summed E-state index contributed by atoms with van der Waals surface area (Å²) >= 11 is 5.98. The summed E-state index contributed by atoms with van der Waals surface area (Å²) in [4.78, 5) is 22.7. The molecule has 0 spiro atoms. The number of anilines is 1. The summed E-state index contributed by atoms with van der Waals surface area (Å²) in [6.45, 7) is 1.44. The highest BCUT2D eigenvalue weighted by Gasteiger charge is 2.22. The molecule has 144 valence electrons. The Hall–Kier alpha value is -3.46. The molecule has 0 aliphatic carbocycles. The lowest BCUT2D eigenvalue weighted by molar-refractivity contribution is -0.384. The first-order valence-electron chi connectivity index (χ1n) is 7.94. The van der Waals surface area contributed by atoms with Gasteiger partial charge in [-0.25, -0.2) is 4.39 Å². The topological polar surface area (TPSA) is 108 Å². The van der Waals surface area contributed by atoms with E-state index < -0.39 is 16.6 Å². The number of rotatable bonds is 6. The van der Waals surface area contributed by atoms with E-state index in [1.165, 1.54) is 30.3 Å². The van der Waals surface area contributed by atoms with Crippen molar-refractivity contribution in [3.8, 4) is 5.75 Å². The Labute approximate surface area is 163 Å². The van der Waals surface area contributed by atoms with Gasteiger partial charge in [0.25, 0.3) is 11.6 Å². The van der Waals surface area contributed by atoms with Crippen molar-refractivity contribution in [1.29, 1.82) is 0 Å². The number of carbonyl (C=O) groups excluding carboxylic acids is 1. The fourth-order valence-electron chi connectivity index (χ4n) is 2.35. The second-order valence-corrected chi connectivity index (χ2v) is 6.07. The average molecular weight is 406 g/mol. The monoisotopic (exact) mass is 405 g/mol. The van der Waals surface area contributed by atoms with Crippen molar-refractivity contribution in [2.24, 2.45) is 0 Å². The number of halogens is 2. The van der Waals surface area contributed by atoms with Crippen LogP contribution in [0, 0.1) is 22.9 Å². The molecule has 28 heavy (non-hydrogen) atoms. The first-order valence-corrected chi connectivity index (χ1v) is 8.32.